The third-order valence-electron chi connectivity index (χ3n) is 6.42. The normalized spacial score (nSPS) is 20.2. The number of carbonyl (C=O) groups is 1. The van der Waals surface area contributed by atoms with Crippen molar-refractivity contribution in [3.8, 4) is 5.75 Å². The molecule has 5 nitrogen and oxygen atoms in total. The molecule has 0 bridgehead atoms. The van der Waals surface area contributed by atoms with Crippen LogP contribution >= 0.6 is 0 Å². The first-order valence-electron chi connectivity index (χ1n) is 11.3. The number of halogens is 1. The molecule has 2 aromatic carbocycles. The lowest BCUT2D eigenvalue weighted by Gasteiger charge is -2.47. The van der Waals surface area contributed by atoms with E-state index in [1.165, 1.54) is 26.0 Å². The van der Waals surface area contributed by atoms with Crippen LogP contribution in [0, 0.1) is 5.82 Å². The van der Waals surface area contributed by atoms with Crippen LogP contribution in [0.15, 0.2) is 42.5 Å². The summed E-state index contributed by atoms with van der Waals surface area (Å²) in [7, 11) is 0. The molecule has 2 aromatic rings. The van der Waals surface area contributed by atoms with Crippen molar-refractivity contribution in [2.45, 2.75) is 70.4 Å². The summed E-state index contributed by atoms with van der Waals surface area (Å²) >= 11 is 0. The van der Waals surface area contributed by atoms with Gasteiger partial charge in [-0.05, 0) is 45.9 Å². The Morgan fingerprint density at radius 2 is 1.94 bits per heavy atom. The molecule has 2 heterocycles. The maximum absolute atomic E-state index is 14.5. The van der Waals surface area contributed by atoms with Crippen molar-refractivity contribution < 1.29 is 25.2 Å². The van der Waals surface area contributed by atoms with E-state index in [2.05, 4.69) is 6.07 Å². The zero-order valence-electron chi connectivity index (χ0n) is 19.2. The molecule has 1 N–H and O–H groups in total. The molecule has 1 atom stereocenters. The van der Waals surface area contributed by atoms with E-state index in [0.29, 0.717) is 31.5 Å². The summed E-state index contributed by atoms with van der Waals surface area (Å²) in [5.41, 5.74) is -0.125. The zero-order chi connectivity index (χ0) is 23.1. The first kappa shape index (κ1) is 22.7. The first-order chi connectivity index (χ1) is 15.1. The highest BCUT2D eigenvalue weighted by Gasteiger charge is 2.44. The lowest BCUT2D eigenvalue weighted by molar-refractivity contribution is -0.0872. The van der Waals surface area contributed by atoms with Crippen LogP contribution in [0.25, 0.3) is 0 Å². The summed E-state index contributed by atoms with van der Waals surface area (Å²) in [5, 5.41) is 10.1. The molecule has 4 rings (SSSR count). The third-order valence-corrected chi connectivity index (χ3v) is 6.42. The Labute approximate surface area is 190 Å². The molecular formula is C26H34FNO4. The minimum Gasteiger partial charge on any atom is -0.487 e. The average molecular weight is 444 g/mol. The number of likely N-dealkylation sites (tertiary alicyclic amines) is 1. The molecular weight excluding hydrogens is 409 g/mol. The number of hydrogen-bond donors (Lipinski definition) is 1. The smallest absolute Gasteiger partial charge is 0.253 e. The number of para-hydroxylation sites is 1. The fourth-order valence-electron chi connectivity index (χ4n) is 4.76. The fourth-order valence-corrected chi connectivity index (χ4v) is 4.76. The van der Waals surface area contributed by atoms with Crippen molar-refractivity contribution in [1.82, 2.24) is 4.90 Å². The summed E-state index contributed by atoms with van der Waals surface area (Å²) in [4.78, 5) is 14.8. The molecule has 0 radical (unpaired) electrons. The van der Waals surface area contributed by atoms with Gasteiger partial charge in [0.05, 0.1) is 17.8 Å². The van der Waals surface area contributed by atoms with Gasteiger partial charge in [0.15, 0.2) is 0 Å². The molecule has 174 valence electrons. The second kappa shape index (κ2) is 8.49. The van der Waals surface area contributed by atoms with Crippen LogP contribution < -0.4 is 4.74 Å². The zero-order valence-corrected chi connectivity index (χ0v) is 19.2. The Balaban J connectivity index is 0.00000306. The van der Waals surface area contributed by atoms with E-state index in [-0.39, 0.29) is 30.7 Å². The Bertz CT molecular complexity index is 996. The molecule has 1 amide bonds. The number of amides is 1. The van der Waals surface area contributed by atoms with Crippen molar-refractivity contribution >= 4 is 5.91 Å². The number of aliphatic hydroxyl groups is 1. The third kappa shape index (κ3) is 4.52. The number of piperidine rings is 1. The van der Waals surface area contributed by atoms with Crippen LogP contribution in [0.3, 0.4) is 0 Å². The van der Waals surface area contributed by atoms with Gasteiger partial charge in [0.1, 0.15) is 17.2 Å². The highest BCUT2D eigenvalue weighted by atomic mass is 19.1. The number of carbonyl (C=O) groups excluding carboxylic acids is 1. The number of ether oxygens (including phenoxy) is 2. The van der Waals surface area contributed by atoms with Crippen molar-refractivity contribution in [3.63, 3.8) is 0 Å². The second-order valence-electron chi connectivity index (χ2n) is 9.75. The number of rotatable bonds is 4. The minimum absolute atomic E-state index is 0. The number of fused-ring (bicyclic) bond motifs is 1. The topological polar surface area (TPSA) is 59.0 Å². The van der Waals surface area contributed by atoms with Crippen molar-refractivity contribution in [3.05, 3.63) is 65.0 Å². The predicted molar refractivity (Wildman–Crippen MR) is 122 cm³/mol. The molecule has 1 spiro atoms. The molecule has 1 fully saturated rings. The van der Waals surface area contributed by atoms with E-state index in [4.69, 9.17) is 9.47 Å². The van der Waals surface area contributed by atoms with E-state index in [1.54, 1.807) is 11.0 Å². The van der Waals surface area contributed by atoms with Gasteiger partial charge < -0.3 is 19.5 Å². The Morgan fingerprint density at radius 1 is 1.25 bits per heavy atom. The van der Waals surface area contributed by atoms with Gasteiger partial charge in [-0.15, -0.1) is 0 Å². The summed E-state index contributed by atoms with van der Waals surface area (Å²) in [6, 6.07) is 12.3. The monoisotopic (exact) mass is 443 g/mol. The minimum atomic E-state index is -1.30. The quantitative estimate of drug-likeness (QED) is 0.704. The van der Waals surface area contributed by atoms with Gasteiger partial charge in [-0.1, -0.05) is 24.3 Å². The van der Waals surface area contributed by atoms with Gasteiger partial charge >= 0.3 is 0 Å². The van der Waals surface area contributed by atoms with Gasteiger partial charge in [0.2, 0.25) is 0 Å². The van der Waals surface area contributed by atoms with Crippen molar-refractivity contribution in [1.29, 1.82) is 0 Å². The van der Waals surface area contributed by atoms with Crippen LogP contribution in [-0.2, 0) is 10.3 Å². The summed E-state index contributed by atoms with van der Waals surface area (Å²) in [6.07, 6.45) is 2.20. The van der Waals surface area contributed by atoms with Crippen LogP contribution in [0.2, 0.25) is 0 Å². The highest BCUT2D eigenvalue weighted by Crippen LogP contribution is 2.46. The molecule has 0 unspecified atom stereocenters. The van der Waals surface area contributed by atoms with E-state index < -0.39 is 11.4 Å². The predicted octanol–water partition coefficient (Wildman–Crippen LogP) is 5.22. The molecule has 6 heteroatoms. The standard InChI is InChI=1S/C26H32FNO4.H2/c1-17(2)31-23-16-26(32-22-8-6-5-7-19(22)23)11-13-28(14-12-26)24(29)18-9-10-20(21(27)15-18)25(3,4)30;/h5-10,15,17,23,30H,11-14,16H2,1-4H3;1H/t23-;/m1./s1. The second-order valence-corrected chi connectivity index (χ2v) is 9.75. The maximum atomic E-state index is 14.5. The lowest BCUT2D eigenvalue weighted by Crippen LogP contribution is -2.52. The average Bonchev–Trinajstić information content (AvgIpc) is 2.72. The Morgan fingerprint density at radius 3 is 2.56 bits per heavy atom. The van der Waals surface area contributed by atoms with Gasteiger partial charge in [-0.3, -0.25) is 4.79 Å². The number of hydrogen-bond acceptors (Lipinski definition) is 4. The molecule has 0 aromatic heterocycles. The van der Waals surface area contributed by atoms with Crippen LogP contribution in [0.4, 0.5) is 4.39 Å². The van der Waals surface area contributed by atoms with Gasteiger partial charge in [-0.2, -0.15) is 0 Å². The molecule has 0 saturated carbocycles. The fraction of sp³-hybridized carbons (Fsp3) is 0.500. The van der Waals surface area contributed by atoms with E-state index in [0.717, 1.165) is 17.7 Å². The first-order valence-corrected chi connectivity index (χ1v) is 11.3. The maximum Gasteiger partial charge on any atom is 0.253 e. The number of benzene rings is 2. The highest BCUT2D eigenvalue weighted by molar-refractivity contribution is 5.94. The van der Waals surface area contributed by atoms with Crippen molar-refractivity contribution in [2.24, 2.45) is 0 Å². The summed E-state index contributed by atoms with van der Waals surface area (Å²) in [5.74, 6) is 0.0819. The van der Waals surface area contributed by atoms with E-state index in [1.807, 2.05) is 32.0 Å². The molecule has 2 aliphatic heterocycles. The van der Waals surface area contributed by atoms with E-state index in [9.17, 15) is 14.3 Å². The number of nitrogens with zero attached hydrogens (tertiary/aromatic N) is 1. The van der Waals surface area contributed by atoms with Gasteiger partial charge in [0, 0.05) is 50.5 Å². The lowest BCUT2D eigenvalue weighted by atomic mass is 9.81. The summed E-state index contributed by atoms with van der Waals surface area (Å²) < 4.78 is 27.2. The van der Waals surface area contributed by atoms with Gasteiger partial charge in [-0.25, -0.2) is 4.39 Å². The SMILES string of the molecule is CC(C)O[C@@H]1CC2(CCN(C(=O)c3ccc(C(C)(C)O)c(F)c3)CC2)Oc2ccccc21.[HH]. The molecule has 1 saturated heterocycles. The largest absolute Gasteiger partial charge is 0.487 e. The molecule has 2 aliphatic rings. The molecule has 0 aliphatic carbocycles. The van der Waals surface area contributed by atoms with E-state index >= 15 is 0 Å². The van der Waals surface area contributed by atoms with Crippen molar-refractivity contribution in [2.75, 3.05) is 13.1 Å². The molecule has 32 heavy (non-hydrogen) atoms. The summed E-state index contributed by atoms with van der Waals surface area (Å²) in [6.45, 7) is 8.18. The van der Waals surface area contributed by atoms with Gasteiger partial charge in [0.25, 0.3) is 5.91 Å². The van der Waals surface area contributed by atoms with Crippen LogP contribution in [-0.4, -0.2) is 40.7 Å². The Hall–Kier alpha value is -2.44. The Kier molecular flexibility index (Phi) is 6.03. The van der Waals surface area contributed by atoms with Crippen LogP contribution in [0.1, 0.15) is 76.0 Å². The van der Waals surface area contributed by atoms with Crippen LogP contribution in [0.5, 0.6) is 5.75 Å².